The molecule has 2 amide bonds. The lowest BCUT2D eigenvalue weighted by Gasteiger charge is -2.27. The first kappa shape index (κ1) is 35.7. The Morgan fingerprint density at radius 1 is 0.860 bits per heavy atom. The molecular weight excluding hydrogens is 596 g/mol. The van der Waals surface area contributed by atoms with Crippen molar-refractivity contribution >= 4 is 47.6 Å². The Morgan fingerprint density at radius 3 is 1.98 bits per heavy atom. The maximum Gasteiger partial charge on any atom is 0.410 e. The third-order valence-corrected chi connectivity index (χ3v) is 6.64. The standard InChI is InChI=1S/C29H40N4O8S2/c1-28(2,3)40-26(37)30-16-18-12-20(42-7)15-23(31-18)25(36)39-11-9-10-33(27(38)41-29(4,5)6)17-19-13-21(43-8)14-22(32-19)24(34)35/h12-15H,9-11,16-17H2,1-8H3,(H,30,37)(H,34,35). The molecule has 0 atom stereocenters. The van der Waals surface area contributed by atoms with Crippen molar-refractivity contribution in [2.45, 2.75) is 82.0 Å². The number of carbonyl (C=O) groups is 4. The van der Waals surface area contributed by atoms with E-state index >= 15 is 0 Å². The van der Waals surface area contributed by atoms with Crippen molar-refractivity contribution in [3.63, 3.8) is 0 Å². The number of alkyl carbamates (subject to hydrolysis) is 1. The van der Waals surface area contributed by atoms with Crippen LogP contribution in [0.3, 0.4) is 0 Å². The molecule has 0 spiro atoms. The summed E-state index contributed by atoms with van der Waals surface area (Å²) in [7, 11) is 0. The number of carboxylic acid groups (broad SMARTS) is 1. The number of aromatic carboxylic acids is 1. The van der Waals surface area contributed by atoms with Gasteiger partial charge >= 0.3 is 24.1 Å². The molecule has 0 fully saturated rings. The molecule has 0 unspecified atom stereocenters. The van der Waals surface area contributed by atoms with Gasteiger partial charge in [-0.2, -0.15) is 0 Å². The van der Waals surface area contributed by atoms with E-state index in [0.29, 0.717) is 16.3 Å². The van der Waals surface area contributed by atoms with Crippen LogP contribution in [0.25, 0.3) is 0 Å². The van der Waals surface area contributed by atoms with Crippen LogP contribution in [-0.4, -0.2) is 81.0 Å². The summed E-state index contributed by atoms with van der Waals surface area (Å²) in [6.45, 7) is 10.7. The number of carboxylic acids is 1. The van der Waals surface area contributed by atoms with E-state index in [2.05, 4.69) is 15.3 Å². The second-order valence-corrected chi connectivity index (χ2v) is 13.1. The summed E-state index contributed by atoms with van der Waals surface area (Å²) in [5.41, 5.74) is -0.605. The lowest BCUT2D eigenvalue weighted by atomic mass is 10.2. The number of ether oxygens (including phenoxy) is 3. The van der Waals surface area contributed by atoms with Crippen molar-refractivity contribution in [1.29, 1.82) is 0 Å². The third kappa shape index (κ3) is 13.1. The quantitative estimate of drug-likeness (QED) is 0.128. The number of nitrogens with zero attached hydrogens (tertiary/aromatic N) is 3. The summed E-state index contributed by atoms with van der Waals surface area (Å²) < 4.78 is 16.2. The van der Waals surface area contributed by atoms with E-state index in [0.717, 1.165) is 4.90 Å². The molecule has 14 heteroatoms. The zero-order valence-electron chi connectivity index (χ0n) is 25.8. The van der Waals surface area contributed by atoms with Gasteiger partial charge in [-0.1, -0.05) is 0 Å². The van der Waals surface area contributed by atoms with Gasteiger partial charge in [0.2, 0.25) is 0 Å². The number of rotatable bonds is 12. The molecule has 2 aromatic rings. The number of pyridine rings is 2. The number of aromatic nitrogens is 2. The van der Waals surface area contributed by atoms with Crippen molar-refractivity contribution in [3.05, 3.63) is 47.0 Å². The Bertz CT molecular complexity index is 1310. The number of nitrogens with one attached hydrogen (secondary N) is 1. The van der Waals surface area contributed by atoms with Crippen LogP contribution in [0.5, 0.6) is 0 Å². The smallest absolute Gasteiger partial charge is 0.410 e. The first-order valence-corrected chi connectivity index (χ1v) is 15.9. The molecule has 0 aliphatic rings. The molecule has 2 heterocycles. The van der Waals surface area contributed by atoms with Crippen molar-refractivity contribution in [1.82, 2.24) is 20.2 Å². The molecule has 12 nitrogen and oxygen atoms in total. The Hall–Kier alpha value is -3.52. The van der Waals surface area contributed by atoms with Gasteiger partial charge in [0.25, 0.3) is 0 Å². The summed E-state index contributed by atoms with van der Waals surface area (Å²) in [6, 6.07) is 6.54. The first-order valence-electron chi connectivity index (χ1n) is 13.4. The van der Waals surface area contributed by atoms with Gasteiger partial charge in [-0.3, -0.25) is 0 Å². The molecule has 0 saturated carbocycles. The minimum Gasteiger partial charge on any atom is -0.477 e. The lowest BCUT2D eigenvalue weighted by Crippen LogP contribution is -2.37. The fourth-order valence-electron chi connectivity index (χ4n) is 3.47. The summed E-state index contributed by atoms with van der Waals surface area (Å²) in [4.78, 5) is 60.7. The topological polar surface area (TPSA) is 157 Å². The highest BCUT2D eigenvalue weighted by atomic mass is 32.2. The lowest BCUT2D eigenvalue weighted by molar-refractivity contribution is 0.0209. The van der Waals surface area contributed by atoms with Gasteiger partial charge < -0.3 is 29.5 Å². The molecule has 0 aliphatic carbocycles. The van der Waals surface area contributed by atoms with E-state index < -0.39 is 35.3 Å². The number of thioether (sulfide) groups is 2. The number of amides is 2. The monoisotopic (exact) mass is 636 g/mol. The Labute approximate surface area is 260 Å². The maximum atomic E-state index is 13.0. The average Bonchev–Trinajstić information content (AvgIpc) is 2.91. The number of hydrogen-bond donors (Lipinski definition) is 2. The van der Waals surface area contributed by atoms with Crippen molar-refractivity contribution in [2.24, 2.45) is 0 Å². The fourth-order valence-corrected chi connectivity index (χ4v) is 4.44. The predicted octanol–water partition coefficient (Wildman–Crippen LogP) is 5.63. The molecule has 0 radical (unpaired) electrons. The van der Waals surface area contributed by atoms with E-state index in [-0.39, 0.29) is 44.0 Å². The van der Waals surface area contributed by atoms with Crippen LogP contribution in [0.4, 0.5) is 9.59 Å². The Balaban J connectivity index is 2.08. The van der Waals surface area contributed by atoms with E-state index in [1.54, 1.807) is 59.7 Å². The largest absolute Gasteiger partial charge is 0.477 e. The van der Waals surface area contributed by atoms with Crippen molar-refractivity contribution in [3.8, 4) is 0 Å². The average molecular weight is 637 g/mol. The second-order valence-electron chi connectivity index (χ2n) is 11.3. The number of hydrogen-bond acceptors (Lipinski definition) is 11. The first-order chi connectivity index (χ1) is 20.0. The summed E-state index contributed by atoms with van der Waals surface area (Å²) in [5, 5.41) is 12.1. The molecule has 0 saturated heterocycles. The van der Waals surface area contributed by atoms with Gasteiger partial charge in [0, 0.05) is 16.3 Å². The van der Waals surface area contributed by atoms with Crippen LogP contribution in [0.15, 0.2) is 34.1 Å². The molecule has 236 valence electrons. The van der Waals surface area contributed by atoms with Gasteiger partial charge in [0.1, 0.15) is 22.6 Å². The van der Waals surface area contributed by atoms with Crippen LogP contribution < -0.4 is 5.32 Å². The SMILES string of the molecule is CSc1cc(CN(CCCOC(=O)c2cc(SC)cc(CNC(=O)OC(C)(C)C)n2)C(=O)OC(C)(C)C)nc(C(=O)O)c1. The van der Waals surface area contributed by atoms with E-state index in [9.17, 15) is 24.3 Å². The highest BCUT2D eigenvalue weighted by Crippen LogP contribution is 2.20. The van der Waals surface area contributed by atoms with Crippen LogP contribution in [0.1, 0.15) is 80.3 Å². The van der Waals surface area contributed by atoms with Gasteiger partial charge in [0.15, 0.2) is 0 Å². The van der Waals surface area contributed by atoms with Crippen LogP contribution in [0.2, 0.25) is 0 Å². The Kier molecular flexibility index (Phi) is 13.1. The zero-order valence-corrected chi connectivity index (χ0v) is 27.4. The summed E-state index contributed by atoms with van der Waals surface area (Å²) in [6.07, 6.45) is 2.73. The third-order valence-electron chi connectivity index (χ3n) is 5.23. The molecule has 2 rings (SSSR count). The highest BCUT2D eigenvalue weighted by molar-refractivity contribution is 7.98. The van der Waals surface area contributed by atoms with Gasteiger partial charge in [-0.05, 0) is 84.7 Å². The highest BCUT2D eigenvalue weighted by Gasteiger charge is 2.24. The minimum atomic E-state index is -1.17. The normalized spacial score (nSPS) is 11.4. The van der Waals surface area contributed by atoms with E-state index in [4.69, 9.17) is 14.2 Å². The van der Waals surface area contributed by atoms with Crippen LogP contribution in [-0.2, 0) is 27.3 Å². The predicted molar refractivity (Wildman–Crippen MR) is 164 cm³/mol. The Morgan fingerprint density at radius 2 is 1.42 bits per heavy atom. The van der Waals surface area contributed by atoms with E-state index in [1.165, 1.54) is 34.5 Å². The maximum absolute atomic E-state index is 13.0. The fraction of sp³-hybridized carbons (Fsp3) is 0.517. The number of carbonyl (C=O) groups excluding carboxylic acids is 3. The molecule has 2 aromatic heterocycles. The van der Waals surface area contributed by atoms with Crippen LogP contribution in [0, 0.1) is 0 Å². The van der Waals surface area contributed by atoms with Gasteiger partial charge in [-0.25, -0.2) is 29.1 Å². The molecule has 43 heavy (non-hydrogen) atoms. The van der Waals surface area contributed by atoms with Crippen LogP contribution >= 0.6 is 23.5 Å². The molecule has 0 bridgehead atoms. The van der Waals surface area contributed by atoms with Gasteiger partial charge in [0.05, 0.1) is 31.1 Å². The minimum absolute atomic E-state index is 0.00285. The molecular formula is C29H40N4O8S2. The molecule has 2 N–H and O–H groups in total. The molecule has 0 aromatic carbocycles. The summed E-state index contributed by atoms with van der Waals surface area (Å²) in [5.74, 6) is -1.82. The summed E-state index contributed by atoms with van der Waals surface area (Å²) >= 11 is 2.77. The van der Waals surface area contributed by atoms with Gasteiger partial charge in [-0.15, -0.1) is 23.5 Å². The zero-order chi connectivity index (χ0) is 32.4. The van der Waals surface area contributed by atoms with Crippen molar-refractivity contribution < 1.29 is 38.5 Å². The second kappa shape index (κ2) is 15.8. The van der Waals surface area contributed by atoms with E-state index in [1.807, 2.05) is 12.5 Å². The van der Waals surface area contributed by atoms with Crippen molar-refractivity contribution in [2.75, 3.05) is 25.7 Å². The number of esters is 1. The molecule has 0 aliphatic heterocycles.